The van der Waals surface area contributed by atoms with E-state index >= 15 is 0 Å². The first-order valence-electron chi connectivity index (χ1n) is 11.8. The van der Waals surface area contributed by atoms with Crippen LogP contribution in [0.4, 0.5) is 0 Å². The fourth-order valence-electron chi connectivity index (χ4n) is 5.47. The minimum Gasteiger partial charge on any atom is -0.493 e. The normalized spacial score (nSPS) is 14.5. The monoisotopic (exact) mass is 478 g/mol. The molecule has 0 amide bonds. The van der Waals surface area contributed by atoms with Gasteiger partial charge in [-0.25, -0.2) is 4.98 Å². The van der Waals surface area contributed by atoms with Gasteiger partial charge in [0.25, 0.3) is 0 Å². The highest BCUT2D eigenvalue weighted by Crippen LogP contribution is 2.44. The molecule has 1 aliphatic carbocycles. The summed E-state index contributed by atoms with van der Waals surface area (Å²) in [5.41, 5.74) is 7.43. The molecule has 2 aliphatic rings. The Hall–Kier alpha value is -4.52. The van der Waals surface area contributed by atoms with Crippen LogP contribution in [0.25, 0.3) is 56.0 Å². The Bertz CT molecular complexity index is 1780. The summed E-state index contributed by atoms with van der Waals surface area (Å²) in [5.74, 6) is 3.23. The molecule has 36 heavy (non-hydrogen) atoms. The number of hydrogen-bond donors (Lipinski definition) is 1. The third kappa shape index (κ3) is 2.99. The number of aryl methyl sites for hydroxylation is 1. The SMILES string of the molecule is COc1ccc2c(c[n+](C)c3c4c(cc(-c5ccc6nc[nH]c6c5)c23)C=C2CC(=C4)OCO2)c1OC. The van der Waals surface area contributed by atoms with E-state index in [4.69, 9.17) is 18.9 Å². The Kier molecular flexibility index (Phi) is 4.48. The third-order valence-electron chi connectivity index (χ3n) is 7.09. The van der Waals surface area contributed by atoms with Crippen molar-refractivity contribution in [3.8, 4) is 22.6 Å². The molecular weight excluding hydrogens is 454 g/mol. The Balaban J connectivity index is 1.68. The minimum atomic E-state index is 0.235. The first-order valence-corrected chi connectivity index (χ1v) is 11.8. The first-order chi connectivity index (χ1) is 17.6. The van der Waals surface area contributed by atoms with E-state index in [9.17, 15) is 0 Å². The van der Waals surface area contributed by atoms with Crippen LogP contribution in [0.5, 0.6) is 11.5 Å². The van der Waals surface area contributed by atoms with Gasteiger partial charge < -0.3 is 23.9 Å². The molecule has 1 fully saturated rings. The molecular formula is C29H24N3O4+. The lowest BCUT2D eigenvalue weighted by Gasteiger charge is -2.18. The number of H-pyrrole nitrogens is 1. The topological polar surface area (TPSA) is 69.5 Å². The average Bonchev–Trinajstić information content (AvgIpc) is 3.32. The summed E-state index contributed by atoms with van der Waals surface area (Å²) in [6.45, 7) is 0.235. The van der Waals surface area contributed by atoms with Gasteiger partial charge in [-0.3, -0.25) is 0 Å². The molecule has 7 rings (SSSR count). The van der Waals surface area contributed by atoms with Crippen molar-refractivity contribution in [2.24, 2.45) is 7.05 Å². The van der Waals surface area contributed by atoms with Crippen LogP contribution in [0.15, 0.2) is 60.4 Å². The number of methoxy groups -OCH3 is 2. The lowest BCUT2D eigenvalue weighted by atomic mass is 9.90. The van der Waals surface area contributed by atoms with Gasteiger partial charge in [-0.05, 0) is 59.2 Å². The van der Waals surface area contributed by atoms with E-state index in [0.29, 0.717) is 17.9 Å². The smallest absolute Gasteiger partial charge is 0.229 e. The lowest BCUT2D eigenvalue weighted by Crippen LogP contribution is -2.30. The minimum absolute atomic E-state index is 0.235. The number of fused-ring (bicyclic) bond motifs is 8. The third-order valence-corrected chi connectivity index (χ3v) is 7.09. The predicted octanol–water partition coefficient (Wildman–Crippen LogP) is 5.47. The second kappa shape index (κ2) is 7.75. The molecule has 7 nitrogen and oxygen atoms in total. The van der Waals surface area contributed by atoms with Crippen molar-refractivity contribution in [2.45, 2.75) is 6.42 Å². The van der Waals surface area contributed by atoms with E-state index in [1.165, 1.54) is 0 Å². The maximum Gasteiger partial charge on any atom is 0.229 e. The molecule has 3 heterocycles. The van der Waals surface area contributed by atoms with Crippen molar-refractivity contribution in [2.75, 3.05) is 21.0 Å². The molecule has 2 aromatic heterocycles. The Morgan fingerprint density at radius 3 is 2.67 bits per heavy atom. The Labute approximate surface area is 207 Å². The highest BCUT2D eigenvalue weighted by atomic mass is 16.7. The summed E-state index contributed by atoms with van der Waals surface area (Å²) >= 11 is 0. The van der Waals surface area contributed by atoms with Gasteiger partial charge in [-0.1, -0.05) is 6.07 Å². The van der Waals surface area contributed by atoms with Crippen molar-refractivity contribution in [1.29, 1.82) is 0 Å². The van der Waals surface area contributed by atoms with Crippen molar-refractivity contribution >= 4 is 44.9 Å². The number of aromatic nitrogens is 3. The van der Waals surface area contributed by atoms with Gasteiger partial charge in [-0.15, -0.1) is 0 Å². The second-order valence-electron chi connectivity index (χ2n) is 9.09. The van der Waals surface area contributed by atoms with Crippen molar-refractivity contribution in [1.82, 2.24) is 9.97 Å². The maximum absolute atomic E-state index is 5.83. The fourth-order valence-corrected chi connectivity index (χ4v) is 5.47. The summed E-state index contributed by atoms with van der Waals surface area (Å²) in [7, 11) is 5.41. The summed E-state index contributed by atoms with van der Waals surface area (Å²) in [6.07, 6.45) is 8.77. The van der Waals surface area contributed by atoms with Gasteiger partial charge in [0.15, 0.2) is 17.7 Å². The molecule has 0 spiro atoms. The van der Waals surface area contributed by atoms with Crippen LogP contribution in [-0.2, 0) is 16.5 Å². The van der Waals surface area contributed by atoms with Crippen LogP contribution in [0.2, 0.25) is 0 Å². The number of ether oxygens (including phenoxy) is 4. The Morgan fingerprint density at radius 2 is 1.83 bits per heavy atom. The largest absolute Gasteiger partial charge is 0.493 e. The van der Waals surface area contributed by atoms with E-state index in [-0.39, 0.29) is 6.79 Å². The molecule has 0 atom stereocenters. The van der Waals surface area contributed by atoms with Crippen molar-refractivity contribution in [3.63, 3.8) is 0 Å². The number of pyridine rings is 1. The molecule has 3 aromatic carbocycles. The highest BCUT2D eigenvalue weighted by Gasteiger charge is 2.27. The summed E-state index contributed by atoms with van der Waals surface area (Å²) in [6, 6.07) is 12.7. The molecule has 0 saturated carbocycles. The zero-order valence-corrected chi connectivity index (χ0v) is 20.2. The summed E-state index contributed by atoms with van der Waals surface area (Å²) < 4.78 is 25.2. The van der Waals surface area contributed by atoms with Gasteiger partial charge in [0.05, 0.1) is 54.3 Å². The molecule has 5 aromatic rings. The van der Waals surface area contributed by atoms with Gasteiger partial charge in [-0.2, -0.15) is 4.57 Å². The average molecular weight is 479 g/mol. The standard InChI is InChI=1S/C29H23N3O4/c1-32-13-23-20(5-7-26(33-2)29(23)34-3)27-21(16-4-6-24-25(10-16)31-14-30-24)9-17-8-18-11-19(36-15-35-18)12-22(17)28(27)32/h4-10,12-14H,11,15H2,1-3H3/p+1. The van der Waals surface area contributed by atoms with Crippen molar-refractivity contribution in [3.05, 3.63) is 71.6 Å². The van der Waals surface area contributed by atoms with Crippen LogP contribution in [0.1, 0.15) is 17.5 Å². The molecule has 0 unspecified atom stereocenters. The molecule has 1 N–H and O–H groups in total. The molecule has 7 heteroatoms. The fraction of sp³-hybridized carbons (Fsp3) is 0.172. The van der Waals surface area contributed by atoms with Crippen molar-refractivity contribution < 1.29 is 23.5 Å². The lowest BCUT2D eigenvalue weighted by molar-refractivity contribution is -0.643. The summed E-state index contributed by atoms with van der Waals surface area (Å²) in [5, 5.41) is 3.19. The molecule has 1 saturated heterocycles. The Morgan fingerprint density at radius 1 is 0.972 bits per heavy atom. The van der Waals surface area contributed by atoms with Crippen LogP contribution in [0, 0.1) is 0 Å². The predicted molar refractivity (Wildman–Crippen MR) is 138 cm³/mol. The zero-order chi connectivity index (χ0) is 24.4. The van der Waals surface area contributed by atoms with E-state index in [1.54, 1.807) is 20.5 Å². The molecule has 0 radical (unpaired) electrons. The number of imidazole rings is 1. The van der Waals surface area contributed by atoms with E-state index in [1.807, 2.05) is 6.07 Å². The van der Waals surface area contributed by atoms with Crippen LogP contribution >= 0.6 is 0 Å². The quantitative estimate of drug-likeness (QED) is 0.275. The van der Waals surface area contributed by atoms with Crippen LogP contribution in [-0.4, -0.2) is 31.0 Å². The summed E-state index contributed by atoms with van der Waals surface area (Å²) in [4.78, 5) is 7.65. The molecule has 178 valence electrons. The molecule has 2 bridgehead atoms. The second-order valence-corrected chi connectivity index (χ2v) is 9.09. The van der Waals surface area contributed by atoms with Gasteiger partial charge in [0, 0.05) is 5.39 Å². The molecule has 1 aliphatic heterocycles. The van der Waals surface area contributed by atoms with E-state index < -0.39 is 0 Å². The number of nitrogens with zero attached hydrogens (tertiary/aromatic N) is 2. The van der Waals surface area contributed by atoms with E-state index in [0.717, 1.165) is 66.5 Å². The number of benzene rings is 3. The highest BCUT2D eigenvalue weighted by molar-refractivity contribution is 6.16. The number of aromatic amines is 1. The number of rotatable bonds is 3. The van der Waals surface area contributed by atoms with Crippen LogP contribution in [0.3, 0.4) is 0 Å². The zero-order valence-electron chi connectivity index (χ0n) is 20.2. The maximum atomic E-state index is 5.83. The van der Waals surface area contributed by atoms with Gasteiger partial charge in [0.1, 0.15) is 18.6 Å². The van der Waals surface area contributed by atoms with Crippen LogP contribution < -0.4 is 14.0 Å². The first kappa shape index (κ1) is 20.8. The van der Waals surface area contributed by atoms with E-state index in [2.05, 4.69) is 70.3 Å². The van der Waals surface area contributed by atoms with Gasteiger partial charge in [0.2, 0.25) is 12.3 Å². The number of nitrogens with one attached hydrogen (secondary N) is 1. The van der Waals surface area contributed by atoms with Gasteiger partial charge >= 0.3 is 0 Å². The number of hydrogen-bond acceptors (Lipinski definition) is 5.